The van der Waals surface area contributed by atoms with Gasteiger partial charge in [-0.15, -0.1) is 0 Å². The Balaban J connectivity index is 1.62. The lowest BCUT2D eigenvalue weighted by atomic mass is 9.89. The third kappa shape index (κ3) is 6.08. The van der Waals surface area contributed by atoms with Crippen LogP contribution in [0.4, 0.5) is 0 Å². The summed E-state index contributed by atoms with van der Waals surface area (Å²) in [5.74, 6) is -1.88. The van der Waals surface area contributed by atoms with E-state index >= 15 is 0 Å². The monoisotopic (exact) mass is 484 g/mol. The summed E-state index contributed by atoms with van der Waals surface area (Å²) >= 11 is 6.14. The number of benzene rings is 1. The number of carbonyl (C=O) groups excluding carboxylic acids is 3. The molecule has 2 aliphatic rings. The van der Waals surface area contributed by atoms with Crippen molar-refractivity contribution in [2.75, 3.05) is 19.7 Å². The van der Waals surface area contributed by atoms with Crippen LogP contribution in [-0.4, -0.2) is 50.2 Å². The van der Waals surface area contributed by atoms with Gasteiger partial charge in [0.2, 0.25) is 15.9 Å². The number of hydrogen-bond acceptors (Lipinski definition) is 6. The van der Waals surface area contributed by atoms with Gasteiger partial charge in [-0.2, -0.15) is 4.31 Å². The minimum Gasteiger partial charge on any atom is -0.452 e. The predicted molar refractivity (Wildman–Crippen MR) is 119 cm³/mol. The number of sulfonamides is 1. The van der Waals surface area contributed by atoms with Crippen molar-refractivity contribution in [1.29, 1.82) is 0 Å². The van der Waals surface area contributed by atoms with E-state index in [1.54, 1.807) is 0 Å². The number of rotatable bonds is 6. The van der Waals surface area contributed by atoms with Gasteiger partial charge in [0.25, 0.3) is 5.91 Å². The van der Waals surface area contributed by atoms with Crippen molar-refractivity contribution < 1.29 is 27.5 Å². The lowest BCUT2D eigenvalue weighted by Gasteiger charge is -2.30. The van der Waals surface area contributed by atoms with Crippen molar-refractivity contribution in [3.63, 3.8) is 0 Å². The van der Waals surface area contributed by atoms with Gasteiger partial charge in [-0.25, -0.2) is 13.2 Å². The topological polar surface area (TPSA) is 110 Å². The number of halogens is 1. The van der Waals surface area contributed by atoms with Gasteiger partial charge in [0.15, 0.2) is 6.61 Å². The second kappa shape index (κ2) is 10.8. The van der Waals surface area contributed by atoms with Gasteiger partial charge in [-0.1, -0.05) is 37.8 Å². The zero-order valence-corrected chi connectivity index (χ0v) is 19.7. The highest BCUT2D eigenvalue weighted by Gasteiger charge is 2.31. The maximum absolute atomic E-state index is 13.1. The van der Waals surface area contributed by atoms with E-state index in [2.05, 4.69) is 5.32 Å². The van der Waals surface area contributed by atoms with E-state index in [1.165, 1.54) is 22.5 Å². The number of esters is 1. The van der Waals surface area contributed by atoms with Crippen molar-refractivity contribution in [2.24, 2.45) is 11.8 Å². The molecule has 1 saturated heterocycles. The summed E-state index contributed by atoms with van der Waals surface area (Å²) in [4.78, 5) is 36.4. The number of ether oxygens (including phenoxy) is 1. The molecule has 10 heteroatoms. The largest absolute Gasteiger partial charge is 0.452 e. The molecule has 1 aliphatic heterocycles. The summed E-state index contributed by atoms with van der Waals surface area (Å²) in [7, 11) is -3.87. The van der Waals surface area contributed by atoms with Gasteiger partial charge in [-0.3, -0.25) is 14.9 Å². The molecule has 176 valence electrons. The third-order valence-corrected chi connectivity index (χ3v) is 8.32. The van der Waals surface area contributed by atoms with Gasteiger partial charge in [0.05, 0.1) is 10.6 Å². The minimum absolute atomic E-state index is 0.00981. The van der Waals surface area contributed by atoms with Crippen LogP contribution in [0.1, 0.15) is 62.2 Å². The molecule has 2 amide bonds. The third-order valence-electron chi connectivity index (χ3n) is 5.98. The first-order valence-corrected chi connectivity index (χ1v) is 12.8. The zero-order chi connectivity index (χ0) is 23.3. The van der Waals surface area contributed by atoms with Crippen molar-refractivity contribution in [2.45, 2.75) is 56.8 Å². The Morgan fingerprint density at radius 2 is 1.84 bits per heavy atom. The van der Waals surface area contributed by atoms with Crippen molar-refractivity contribution >= 4 is 39.4 Å². The van der Waals surface area contributed by atoms with Gasteiger partial charge in [0.1, 0.15) is 4.90 Å². The average Bonchev–Trinajstić information content (AvgIpc) is 2.78. The Kier molecular flexibility index (Phi) is 8.30. The normalized spacial score (nSPS) is 20.5. The number of hydrogen-bond donors (Lipinski definition) is 1. The first-order valence-electron chi connectivity index (χ1n) is 11.0. The van der Waals surface area contributed by atoms with Crippen LogP contribution in [-0.2, 0) is 24.3 Å². The highest BCUT2D eigenvalue weighted by molar-refractivity contribution is 7.89. The Hall–Kier alpha value is -1.97. The lowest BCUT2D eigenvalue weighted by molar-refractivity contribution is -0.135. The molecule has 0 spiro atoms. The summed E-state index contributed by atoms with van der Waals surface area (Å²) in [5.41, 5.74) is -0.0376. The van der Waals surface area contributed by atoms with Crippen LogP contribution < -0.4 is 5.32 Å². The minimum atomic E-state index is -3.87. The summed E-state index contributed by atoms with van der Waals surface area (Å²) in [5, 5.41) is 2.28. The maximum atomic E-state index is 13.1. The molecule has 2 fully saturated rings. The number of amides is 2. The van der Waals surface area contributed by atoms with E-state index < -0.39 is 28.5 Å². The quantitative estimate of drug-likeness (QED) is 0.621. The molecule has 3 rings (SSSR count). The summed E-state index contributed by atoms with van der Waals surface area (Å²) < 4.78 is 32.5. The van der Waals surface area contributed by atoms with Gasteiger partial charge in [0, 0.05) is 19.0 Å². The molecule has 1 N–H and O–H groups in total. The molecule has 8 nitrogen and oxygen atoms in total. The fraction of sp³-hybridized carbons (Fsp3) is 0.591. The SMILES string of the molecule is CC1CCCN(S(=O)(=O)c2cc(C(=O)OCC(=O)NC(=O)C3CCCCC3)ccc2Cl)C1. The first kappa shape index (κ1) is 24.7. The van der Waals surface area contributed by atoms with Crippen LogP contribution in [0, 0.1) is 11.8 Å². The van der Waals surface area contributed by atoms with Crippen molar-refractivity contribution in [1.82, 2.24) is 9.62 Å². The standard InChI is InChI=1S/C22H29ClN2O6S/c1-15-6-5-11-25(13-15)32(29,30)19-12-17(9-10-18(19)23)22(28)31-14-20(26)24-21(27)16-7-3-2-4-8-16/h9-10,12,15-16H,2-8,11,13-14H2,1H3,(H,24,26,27). The van der Waals surface area contributed by atoms with E-state index in [1.807, 2.05) is 6.92 Å². The number of imide groups is 1. The molecule has 0 aromatic heterocycles. The van der Waals surface area contributed by atoms with E-state index in [0.717, 1.165) is 44.9 Å². The van der Waals surface area contributed by atoms with Crippen LogP contribution >= 0.6 is 11.6 Å². The second-order valence-electron chi connectivity index (χ2n) is 8.58. The Morgan fingerprint density at radius 3 is 2.53 bits per heavy atom. The predicted octanol–water partition coefficient (Wildman–Crippen LogP) is 3.14. The van der Waals surface area contributed by atoms with Gasteiger partial charge in [-0.05, 0) is 49.8 Å². The molecule has 1 aliphatic carbocycles. The molecule has 1 saturated carbocycles. The van der Waals surface area contributed by atoms with Crippen molar-refractivity contribution in [3.05, 3.63) is 28.8 Å². The maximum Gasteiger partial charge on any atom is 0.338 e. The van der Waals surface area contributed by atoms with Crippen LogP contribution in [0.5, 0.6) is 0 Å². The average molecular weight is 485 g/mol. The van der Waals surface area contributed by atoms with E-state index in [-0.39, 0.29) is 33.2 Å². The van der Waals surface area contributed by atoms with E-state index in [4.69, 9.17) is 16.3 Å². The highest BCUT2D eigenvalue weighted by Crippen LogP contribution is 2.29. The highest BCUT2D eigenvalue weighted by atomic mass is 35.5. The Labute approximate surface area is 193 Å². The number of piperidine rings is 1. The van der Waals surface area contributed by atoms with Crippen LogP contribution in [0.3, 0.4) is 0 Å². The zero-order valence-electron chi connectivity index (χ0n) is 18.1. The number of carbonyl (C=O) groups is 3. The Bertz CT molecular complexity index is 975. The molecule has 32 heavy (non-hydrogen) atoms. The fourth-order valence-electron chi connectivity index (χ4n) is 4.19. The summed E-state index contributed by atoms with van der Waals surface area (Å²) in [6.07, 6.45) is 6.21. The molecule has 1 aromatic carbocycles. The molecular formula is C22H29ClN2O6S. The molecule has 1 unspecified atom stereocenters. The van der Waals surface area contributed by atoms with Gasteiger partial charge < -0.3 is 4.74 Å². The molecule has 1 aromatic rings. The Morgan fingerprint density at radius 1 is 1.12 bits per heavy atom. The molecule has 0 radical (unpaired) electrons. The number of nitrogens with one attached hydrogen (secondary N) is 1. The second-order valence-corrected chi connectivity index (χ2v) is 10.9. The summed E-state index contributed by atoms with van der Waals surface area (Å²) in [6.45, 7) is 2.14. The number of nitrogens with zero attached hydrogens (tertiary/aromatic N) is 1. The van der Waals surface area contributed by atoms with Gasteiger partial charge >= 0.3 is 5.97 Å². The molecule has 0 bridgehead atoms. The first-order chi connectivity index (χ1) is 15.2. The molecular weight excluding hydrogens is 456 g/mol. The smallest absolute Gasteiger partial charge is 0.338 e. The molecule has 1 atom stereocenters. The van der Waals surface area contributed by atoms with Crippen molar-refractivity contribution in [3.8, 4) is 0 Å². The van der Waals surface area contributed by atoms with Crippen LogP contribution in [0.15, 0.2) is 23.1 Å². The fourth-order valence-corrected chi connectivity index (χ4v) is 6.29. The van der Waals surface area contributed by atoms with E-state index in [9.17, 15) is 22.8 Å². The lowest BCUT2D eigenvalue weighted by Crippen LogP contribution is -2.39. The molecule has 1 heterocycles. The van der Waals surface area contributed by atoms with Crippen LogP contribution in [0.2, 0.25) is 5.02 Å². The summed E-state index contributed by atoms with van der Waals surface area (Å²) in [6, 6.07) is 3.84. The van der Waals surface area contributed by atoms with E-state index in [0.29, 0.717) is 13.1 Å². The van der Waals surface area contributed by atoms with Crippen LogP contribution in [0.25, 0.3) is 0 Å².